The van der Waals surface area contributed by atoms with E-state index < -0.39 is 0 Å². The van der Waals surface area contributed by atoms with Gasteiger partial charge in [0.1, 0.15) is 5.75 Å². The molecule has 1 unspecified atom stereocenters. The van der Waals surface area contributed by atoms with Gasteiger partial charge in [0.2, 0.25) is 0 Å². The summed E-state index contributed by atoms with van der Waals surface area (Å²) in [6, 6.07) is 7.35. The number of nitrogens with one attached hydrogen (secondary N) is 1. The minimum absolute atomic E-state index is 0.663. The van der Waals surface area contributed by atoms with Crippen LogP contribution in [-0.4, -0.2) is 43.7 Å². The zero-order valence-corrected chi connectivity index (χ0v) is 11.1. The van der Waals surface area contributed by atoms with Crippen LogP contribution in [0.1, 0.15) is 18.1 Å². The number of ether oxygens (including phenoxy) is 1. The normalized spacial score (nSPS) is 23.7. The maximum absolute atomic E-state index is 5.55. The van der Waals surface area contributed by atoms with Gasteiger partial charge in [0.15, 0.2) is 0 Å². The highest BCUT2D eigenvalue weighted by atomic mass is 16.5. The van der Waals surface area contributed by atoms with Gasteiger partial charge >= 0.3 is 0 Å². The molecule has 0 aliphatic carbocycles. The Morgan fingerprint density at radius 2 is 2.39 bits per heavy atom. The van der Waals surface area contributed by atoms with Crippen molar-refractivity contribution in [1.82, 2.24) is 10.2 Å². The third-order valence-electron chi connectivity index (χ3n) is 4.08. The van der Waals surface area contributed by atoms with Crippen LogP contribution in [0.15, 0.2) is 18.2 Å². The summed E-state index contributed by atoms with van der Waals surface area (Å²) in [5.74, 6) is 1.09. The molecular formula is C15H22N2O. The molecule has 18 heavy (non-hydrogen) atoms. The van der Waals surface area contributed by atoms with Crippen molar-refractivity contribution in [1.29, 1.82) is 0 Å². The maximum Gasteiger partial charge on any atom is 0.122 e. The quantitative estimate of drug-likeness (QED) is 0.874. The number of fused-ring (bicyclic) bond motifs is 1. The second-order valence-electron chi connectivity index (χ2n) is 5.38. The topological polar surface area (TPSA) is 24.5 Å². The number of benzene rings is 1. The molecular weight excluding hydrogens is 224 g/mol. The van der Waals surface area contributed by atoms with Gasteiger partial charge in [0, 0.05) is 38.6 Å². The van der Waals surface area contributed by atoms with Gasteiger partial charge in [-0.2, -0.15) is 0 Å². The van der Waals surface area contributed by atoms with Crippen LogP contribution in [0.2, 0.25) is 0 Å². The maximum atomic E-state index is 5.55. The highest BCUT2D eigenvalue weighted by Crippen LogP contribution is 2.26. The van der Waals surface area contributed by atoms with E-state index in [1.54, 1.807) is 0 Å². The molecule has 98 valence electrons. The predicted octanol–water partition coefficient (Wildman–Crippen LogP) is 1.46. The number of hydrogen-bond acceptors (Lipinski definition) is 3. The van der Waals surface area contributed by atoms with Crippen molar-refractivity contribution in [2.45, 2.75) is 25.8 Å². The first-order valence-corrected chi connectivity index (χ1v) is 7.02. The largest absolute Gasteiger partial charge is 0.493 e. The molecule has 1 aromatic rings. The predicted molar refractivity (Wildman–Crippen MR) is 73.2 cm³/mol. The van der Waals surface area contributed by atoms with Crippen LogP contribution in [0.4, 0.5) is 0 Å². The summed E-state index contributed by atoms with van der Waals surface area (Å²) in [6.45, 7) is 7.76. The second kappa shape index (κ2) is 5.29. The molecule has 3 rings (SSSR count). The smallest absolute Gasteiger partial charge is 0.122 e. The average Bonchev–Trinajstić information content (AvgIpc) is 2.85. The Morgan fingerprint density at radius 1 is 1.44 bits per heavy atom. The fraction of sp³-hybridized carbons (Fsp3) is 0.600. The van der Waals surface area contributed by atoms with Crippen molar-refractivity contribution < 1.29 is 4.74 Å². The van der Waals surface area contributed by atoms with Gasteiger partial charge in [-0.1, -0.05) is 12.1 Å². The van der Waals surface area contributed by atoms with E-state index in [1.165, 1.54) is 24.2 Å². The van der Waals surface area contributed by atoms with Gasteiger partial charge in [-0.15, -0.1) is 0 Å². The summed E-state index contributed by atoms with van der Waals surface area (Å²) in [5, 5.41) is 3.44. The molecule has 2 aliphatic rings. The fourth-order valence-corrected chi connectivity index (χ4v) is 2.88. The Balaban J connectivity index is 1.59. The molecule has 1 fully saturated rings. The number of rotatable bonds is 3. The van der Waals surface area contributed by atoms with Gasteiger partial charge in [-0.3, -0.25) is 4.90 Å². The standard InChI is InChI=1S/C15H22N2O/c1-12-11-16-6-8-17(12)7-4-13-2-3-15-14(10-13)5-9-18-15/h2-3,10,12,16H,4-9,11H2,1H3. The molecule has 1 N–H and O–H groups in total. The molecule has 0 spiro atoms. The van der Waals surface area contributed by atoms with Crippen molar-refractivity contribution in [3.8, 4) is 5.75 Å². The highest BCUT2D eigenvalue weighted by Gasteiger charge is 2.17. The van der Waals surface area contributed by atoms with Crippen molar-refractivity contribution in [3.05, 3.63) is 29.3 Å². The van der Waals surface area contributed by atoms with E-state index in [-0.39, 0.29) is 0 Å². The van der Waals surface area contributed by atoms with Crippen molar-refractivity contribution in [2.24, 2.45) is 0 Å². The Hall–Kier alpha value is -1.06. The van der Waals surface area contributed by atoms with Crippen LogP contribution >= 0.6 is 0 Å². The monoisotopic (exact) mass is 246 g/mol. The Bertz CT molecular complexity index is 419. The van der Waals surface area contributed by atoms with E-state index in [4.69, 9.17) is 4.74 Å². The summed E-state index contributed by atoms with van der Waals surface area (Å²) in [4.78, 5) is 2.58. The fourth-order valence-electron chi connectivity index (χ4n) is 2.88. The highest BCUT2D eigenvalue weighted by molar-refractivity contribution is 5.39. The third-order valence-corrected chi connectivity index (χ3v) is 4.08. The summed E-state index contributed by atoms with van der Waals surface area (Å²) in [5.41, 5.74) is 2.84. The first-order valence-electron chi connectivity index (χ1n) is 7.02. The van der Waals surface area contributed by atoms with Gasteiger partial charge < -0.3 is 10.1 Å². The van der Waals surface area contributed by atoms with Crippen molar-refractivity contribution >= 4 is 0 Å². The van der Waals surface area contributed by atoms with Gasteiger partial charge in [-0.05, 0) is 30.5 Å². The first kappa shape index (κ1) is 12.0. The summed E-state index contributed by atoms with van der Waals surface area (Å²) in [7, 11) is 0. The Kier molecular flexibility index (Phi) is 3.52. The second-order valence-corrected chi connectivity index (χ2v) is 5.38. The molecule has 1 aromatic carbocycles. The Labute approximate surface area is 109 Å². The zero-order chi connectivity index (χ0) is 12.4. The van der Waals surface area contributed by atoms with Crippen LogP contribution in [0.5, 0.6) is 5.75 Å². The van der Waals surface area contributed by atoms with E-state index in [0.717, 1.165) is 38.3 Å². The van der Waals surface area contributed by atoms with Crippen LogP contribution in [0, 0.1) is 0 Å². The average molecular weight is 246 g/mol. The lowest BCUT2D eigenvalue weighted by atomic mass is 10.1. The molecule has 3 heteroatoms. The van der Waals surface area contributed by atoms with Crippen LogP contribution in [0.25, 0.3) is 0 Å². The molecule has 1 saturated heterocycles. The minimum atomic E-state index is 0.663. The van der Waals surface area contributed by atoms with E-state index in [2.05, 4.69) is 35.3 Å². The van der Waals surface area contributed by atoms with E-state index in [9.17, 15) is 0 Å². The van der Waals surface area contributed by atoms with E-state index in [0.29, 0.717) is 6.04 Å². The Morgan fingerprint density at radius 3 is 3.28 bits per heavy atom. The lowest BCUT2D eigenvalue weighted by Gasteiger charge is -2.33. The molecule has 2 heterocycles. The number of hydrogen-bond donors (Lipinski definition) is 1. The van der Waals surface area contributed by atoms with Crippen LogP contribution < -0.4 is 10.1 Å². The SMILES string of the molecule is CC1CNCCN1CCc1ccc2c(c1)CCO2. The van der Waals surface area contributed by atoms with E-state index >= 15 is 0 Å². The van der Waals surface area contributed by atoms with Crippen LogP contribution in [0.3, 0.4) is 0 Å². The minimum Gasteiger partial charge on any atom is -0.493 e. The third kappa shape index (κ3) is 2.52. The van der Waals surface area contributed by atoms with Gasteiger partial charge in [0.25, 0.3) is 0 Å². The lowest BCUT2D eigenvalue weighted by Crippen LogP contribution is -2.50. The van der Waals surface area contributed by atoms with Crippen molar-refractivity contribution in [2.75, 3.05) is 32.8 Å². The van der Waals surface area contributed by atoms with Crippen molar-refractivity contribution in [3.63, 3.8) is 0 Å². The zero-order valence-electron chi connectivity index (χ0n) is 11.1. The molecule has 1 atom stereocenters. The molecule has 0 bridgehead atoms. The summed E-state index contributed by atoms with van der Waals surface area (Å²) < 4.78 is 5.55. The summed E-state index contributed by atoms with van der Waals surface area (Å²) >= 11 is 0. The molecule has 2 aliphatic heterocycles. The molecule has 0 radical (unpaired) electrons. The van der Waals surface area contributed by atoms with Crippen LogP contribution in [-0.2, 0) is 12.8 Å². The molecule has 3 nitrogen and oxygen atoms in total. The van der Waals surface area contributed by atoms with E-state index in [1.807, 2.05) is 0 Å². The molecule has 0 aromatic heterocycles. The molecule has 0 amide bonds. The number of nitrogens with zero attached hydrogens (tertiary/aromatic N) is 1. The van der Waals surface area contributed by atoms with Gasteiger partial charge in [-0.25, -0.2) is 0 Å². The first-order chi connectivity index (χ1) is 8.83. The number of piperazine rings is 1. The molecule has 0 saturated carbocycles. The van der Waals surface area contributed by atoms with Gasteiger partial charge in [0.05, 0.1) is 6.61 Å². The lowest BCUT2D eigenvalue weighted by molar-refractivity contribution is 0.176. The summed E-state index contributed by atoms with van der Waals surface area (Å²) in [6.07, 6.45) is 2.23.